The van der Waals surface area contributed by atoms with Gasteiger partial charge < -0.3 is 9.84 Å². The van der Waals surface area contributed by atoms with Crippen LogP contribution in [0.15, 0.2) is 24.8 Å². The molecule has 0 aliphatic heterocycles. The monoisotopic (exact) mass is 254 g/mol. The molecule has 3 nitrogen and oxygen atoms in total. The van der Waals surface area contributed by atoms with Crippen LogP contribution in [0.3, 0.4) is 0 Å². The van der Waals surface area contributed by atoms with Crippen LogP contribution in [-0.4, -0.2) is 30.2 Å². The van der Waals surface area contributed by atoms with Crippen molar-refractivity contribution in [1.29, 1.82) is 0 Å². The number of rotatable bonds is 11. The molecule has 0 spiro atoms. The lowest BCUT2D eigenvalue weighted by Gasteiger charge is -2.22. The van der Waals surface area contributed by atoms with Crippen LogP contribution in [0, 0.1) is 5.92 Å². The molecule has 1 N–H and O–H groups in total. The standard InChI is InChI=1S/C15H26O3/c1-4-6-12-18-15(8-7-11-16)13(3)9-10-14(17)5-2/h5,9-10,13,15-16H,2,4,6-8,11-12H2,1,3H3/b10-9+/t13-,15+/m0/s1. The first kappa shape index (κ1) is 17.1. The summed E-state index contributed by atoms with van der Waals surface area (Å²) in [5.41, 5.74) is 0. The highest BCUT2D eigenvalue weighted by atomic mass is 16.5. The highest BCUT2D eigenvalue weighted by Gasteiger charge is 2.15. The minimum absolute atomic E-state index is 0.0672. The van der Waals surface area contributed by atoms with Gasteiger partial charge in [0, 0.05) is 19.1 Å². The van der Waals surface area contributed by atoms with Crippen molar-refractivity contribution in [3.8, 4) is 0 Å². The Morgan fingerprint density at radius 1 is 1.44 bits per heavy atom. The Morgan fingerprint density at radius 3 is 2.72 bits per heavy atom. The summed E-state index contributed by atoms with van der Waals surface area (Å²) in [6.07, 6.45) is 8.44. The number of carbonyl (C=O) groups is 1. The first-order chi connectivity index (χ1) is 8.65. The second-order valence-electron chi connectivity index (χ2n) is 4.45. The molecule has 18 heavy (non-hydrogen) atoms. The zero-order valence-corrected chi connectivity index (χ0v) is 11.6. The van der Waals surface area contributed by atoms with E-state index in [0.29, 0.717) is 0 Å². The average molecular weight is 254 g/mol. The quantitative estimate of drug-likeness (QED) is 0.455. The van der Waals surface area contributed by atoms with Gasteiger partial charge in [0.05, 0.1) is 6.10 Å². The fourth-order valence-corrected chi connectivity index (χ4v) is 1.61. The fourth-order valence-electron chi connectivity index (χ4n) is 1.61. The van der Waals surface area contributed by atoms with E-state index in [1.54, 1.807) is 0 Å². The summed E-state index contributed by atoms with van der Waals surface area (Å²) < 4.78 is 5.81. The van der Waals surface area contributed by atoms with Crippen LogP contribution in [0.5, 0.6) is 0 Å². The Labute approximate surface area is 111 Å². The third kappa shape index (κ3) is 8.20. The third-order valence-electron chi connectivity index (χ3n) is 2.83. The molecular weight excluding hydrogens is 228 g/mol. The molecule has 0 fully saturated rings. The van der Waals surface area contributed by atoms with E-state index in [9.17, 15) is 4.79 Å². The van der Waals surface area contributed by atoms with Gasteiger partial charge in [0.15, 0.2) is 5.78 Å². The van der Waals surface area contributed by atoms with Gasteiger partial charge in [0.25, 0.3) is 0 Å². The van der Waals surface area contributed by atoms with Crippen molar-refractivity contribution in [2.75, 3.05) is 13.2 Å². The first-order valence-corrected chi connectivity index (χ1v) is 6.72. The maximum Gasteiger partial charge on any atom is 0.177 e. The predicted molar refractivity (Wildman–Crippen MR) is 74.5 cm³/mol. The van der Waals surface area contributed by atoms with Crippen LogP contribution in [0.25, 0.3) is 0 Å². The minimum atomic E-state index is -0.0867. The van der Waals surface area contributed by atoms with Gasteiger partial charge in [-0.05, 0) is 31.4 Å². The van der Waals surface area contributed by atoms with Gasteiger partial charge in [-0.1, -0.05) is 32.9 Å². The normalized spacial score (nSPS) is 14.6. The second kappa shape index (κ2) is 11.2. The van der Waals surface area contributed by atoms with Gasteiger partial charge in [-0.25, -0.2) is 0 Å². The molecule has 0 aromatic heterocycles. The summed E-state index contributed by atoms with van der Waals surface area (Å²) in [4.78, 5) is 11.1. The lowest BCUT2D eigenvalue weighted by atomic mass is 9.99. The predicted octanol–water partition coefficient (Wildman–Crippen LogP) is 2.89. The van der Waals surface area contributed by atoms with Gasteiger partial charge in [0.1, 0.15) is 0 Å². The van der Waals surface area contributed by atoms with E-state index in [-0.39, 0.29) is 24.4 Å². The number of aliphatic hydroxyl groups excluding tert-OH is 1. The molecule has 0 aromatic carbocycles. The summed E-state index contributed by atoms with van der Waals surface area (Å²) >= 11 is 0. The second-order valence-corrected chi connectivity index (χ2v) is 4.45. The zero-order valence-electron chi connectivity index (χ0n) is 11.6. The highest BCUT2D eigenvalue weighted by Crippen LogP contribution is 2.15. The Bertz CT molecular complexity index is 258. The van der Waals surface area contributed by atoms with Crippen molar-refractivity contribution in [2.45, 2.75) is 45.6 Å². The van der Waals surface area contributed by atoms with Crippen molar-refractivity contribution in [3.63, 3.8) is 0 Å². The van der Waals surface area contributed by atoms with E-state index in [1.165, 1.54) is 12.2 Å². The fraction of sp³-hybridized carbons (Fsp3) is 0.667. The first-order valence-electron chi connectivity index (χ1n) is 6.72. The Hall–Kier alpha value is -0.930. The molecule has 3 heteroatoms. The Morgan fingerprint density at radius 2 is 2.17 bits per heavy atom. The van der Waals surface area contributed by atoms with Gasteiger partial charge >= 0.3 is 0 Å². The molecule has 0 saturated carbocycles. The molecular formula is C15H26O3. The zero-order chi connectivity index (χ0) is 13.8. The molecule has 0 rings (SSSR count). The topological polar surface area (TPSA) is 46.5 Å². The van der Waals surface area contributed by atoms with Gasteiger partial charge in [-0.15, -0.1) is 0 Å². The van der Waals surface area contributed by atoms with Gasteiger partial charge in [-0.3, -0.25) is 4.79 Å². The van der Waals surface area contributed by atoms with Crippen molar-refractivity contribution >= 4 is 5.78 Å². The molecule has 0 aromatic rings. The van der Waals surface area contributed by atoms with Crippen molar-refractivity contribution < 1.29 is 14.6 Å². The van der Waals surface area contributed by atoms with E-state index >= 15 is 0 Å². The summed E-state index contributed by atoms with van der Waals surface area (Å²) in [5.74, 6) is 0.0774. The van der Waals surface area contributed by atoms with Crippen LogP contribution in [0.4, 0.5) is 0 Å². The summed E-state index contributed by atoms with van der Waals surface area (Å²) in [5, 5.41) is 8.88. The Kier molecular flexibility index (Phi) is 10.6. The summed E-state index contributed by atoms with van der Waals surface area (Å²) in [7, 11) is 0. The van der Waals surface area contributed by atoms with Gasteiger partial charge in [-0.2, -0.15) is 0 Å². The molecule has 0 aliphatic rings. The van der Waals surface area contributed by atoms with Crippen molar-refractivity contribution in [3.05, 3.63) is 24.8 Å². The summed E-state index contributed by atoms with van der Waals surface area (Å²) in [6.45, 7) is 8.49. The van der Waals surface area contributed by atoms with Crippen LogP contribution < -0.4 is 0 Å². The van der Waals surface area contributed by atoms with E-state index in [2.05, 4.69) is 13.5 Å². The maximum atomic E-state index is 11.1. The van der Waals surface area contributed by atoms with Gasteiger partial charge in [0.2, 0.25) is 0 Å². The van der Waals surface area contributed by atoms with Crippen LogP contribution >= 0.6 is 0 Å². The lowest BCUT2D eigenvalue weighted by Crippen LogP contribution is -2.22. The largest absolute Gasteiger partial charge is 0.396 e. The number of carbonyl (C=O) groups excluding carboxylic acids is 1. The molecule has 0 bridgehead atoms. The smallest absolute Gasteiger partial charge is 0.177 e. The molecule has 0 unspecified atom stereocenters. The molecule has 0 amide bonds. The van der Waals surface area contributed by atoms with Crippen molar-refractivity contribution in [2.24, 2.45) is 5.92 Å². The van der Waals surface area contributed by atoms with E-state index < -0.39 is 0 Å². The number of hydrogen-bond acceptors (Lipinski definition) is 3. The molecule has 2 atom stereocenters. The number of unbranched alkanes of at least 4 members (excludes halogenated alkanes) is 1. The van der Waals surface area contributed by atoms with E-state index in [1.807, 2.05) is 13.0 Å². The van der Waals surface area contributed by atoms with Crippen LogP contribution in [0.1, 0.15) is 39.5 Å². The highest BCUT2D eigenvalue weighted by molar-refractivity contribution is 5.98. The van der Waals surface area contributed by atoms with Crippen LogP contribution in [0.2, 0.25) is 0 Å². The number of aliphatic hydroxyl groups is 1. The minimum Gasteiger partial charge on any atom is -0.396 e. The third-order valence-corrected chi connectivity index (χ3v) is 2.83. The molecule has 0 aliphatic carbocycles. The average Bonchev–Trinajstić information content (AvgIpc) is 2.39. The molecule has 0 saturated heterocycles. The lowest BCUT2D eigenvalue weighted by molar-refractivity contribution is -0.110. The maximum absolute atomic E-state index is 11.1. The summed E-state index contributed by atoms with van der Waals surface area (Å²) in [6, 6.07) is 0. The number of hydrogen-bond donors (Lipinski definition) is 1. The Balaban J connectivity index is 4.28. The van der Waals surface area contributed by atoms with Crippen LogP contribution in [-0.2, 0) is 9.53 Å². The number of ketones is 1. The molecule has 0 radical (unpaired) electrons. The molecule has 104 valence electrons. The number of ether oxygens (including phenoxy) is 1. The molecule has 0 heterocycles. The van der Waals surface area contributed by atoms with Crippen molar-refractivity contribution in [1.82, 2.24) is 0 Å². The van der Waals surface area contributed by atoms with E-state index in [4.69, 9.17) is 9.84 Å². The van der Waals surface area contributed by atoms with E-state index in [0.717, 1.165) is 32.3 Å². The number of allylic oxidation sites excluding steroid dienone is 2. The SMILES string of the molecule is C=CC(=O)/C=C/[C@H](C)[C@@H](CCCO)OCCCC.